The summed E-state index contributed by atoms with van der Waals surface area (Å²) in [6, 6.07) is 0. The van der Waals surface area contributed by atoms with Crippen molar-refractivity contribution in [3.05, 3.63) is 12.3 Å². The Kier molecular flexibility index (Phi) is 2.78. The number of hydrogen-bond donors (Lipinski definition) is 1. The molecule has 0 saturated carbocycles. The van der Waals surface area contributed by atoms with Crippen LogP contribution in [0.15, 0.2) is 12.3 Å². The predicted octanol–water partition coefficient (Wildman–Crippen LogP) is 1.92. The van der Waals surface area contributed by atoms with Gasteiger partial charge in [-0.3, -0.25) is 0 Å². The largest absolute Gasteiger partial charge is 0.388 e. The molecule has 1 atom stereocenters. The van der Waals surface area contributed by atoms with Crippen LogP contribution in [0.3, 0.4) is 0 Å². The topological polar surface area (TPSA) is 21.3 Å². The highest BCUT2D eigenvalue weighted by molar-refractivity contribution is 5.00. The molecule has 0 aromatic carbocycles. The molecule has 1 rings (SSSR count). The van der Waals surface area contributed by atoms with Gasteiger partial charge in [-0.25, -0.2) is 0 Å². The highest BCUT2D eigenvalue weighted by Crippen LogP contribution is 2.18. The summed E-state index contributed by atoms with van der Waals surface area (Å²) >= 11 is 0. The van der Waals surface area contributed by atoms with Gasteiger partial charge in [0.05, 0.1) is 12.2 Å². The Morgan fingerprint density at radius 3 is 2.67 bits per heavy atom. The number of hydrogen-bond acceptors (Lipinski definition) is 2. The van der Waals surface area contributed by atoms with Crippen LogP contribution in [0, 0.1) is 5.92 Å². The highest BCUT2D eigenvalue weighted by Gasteiger charge is 2.20. The van der Waals surface area contributed by atoms with Crippen molar-refractivity contribution in [2.45, 2.75) is 32.8 Å². The average Bonchev–Trinajstić information content (AvgIpc) is 2.30. The van der Waals surface area contributed by atoms with Crippen LogP contribution < -0.4 is 5.32 Å². The Labute approximate surface area is 75.0 Å². The minimum atomic E-state index is -0.01000. The Hall–Kier alpha value is -0.500. The minimum absolute atomic E-state index is 0.01000. The van der Waals surface area contributed by atoms with Crippen molar-refractivity contribution in [3.63, 3.8) is 0 Å². The van der Waals surface area contributed by atoms with Gasteiger partial charge in [-0.15, -0.1) is 0 Å². The van der Waals surface area contributed by atoms with Gasteiger partial charge in [0.2, 0.25) is 0 Å². The molecule has 1 saturated heterocycles. The number of nitrogens with one attached hydrogen (secondary N) is 1. The van der Waals surface area contributed by atoms with Crippen molar-refractivity contribution in [3.8, 4) is 0 Å². The molecule has 0 bridgehead atoms. The molecule has 2 heteroatoms. The zero-order valence-corrected chi connectivity index (χ0v) is 8.31. The van der Waals surface area contributed by atoms with Gasteiger partial charge in [0.25, 0.3) is 0 Å². The van der Waals surface area contributed by atoms with Gasteiger partial charge < -0.3 is 10.1 Å². The summed E-state index contributed by atoms with van der Waals surface area (Å²) in [7, 11) is 0. The van der Waals surface area contributed by atoms with Crippen molar-refractivity contribution in [1.82, 2.24) is 5.32 Å². The van der Waals surface area contributed by atoms with Crippen LogP contribution in [0.4, 0.5) is 0 Å². The molecule has 1 heterocycles. The van der Waals surface area contributed by atoms with E-state index in [1.54, 1.807) is 0 Å². The maximum absolute atomic E-state index is 5.68. The van der Waals surface area contributed by atoms with E-state index in [-0.39, 0.29) is 5.60 Å². The third-order valence-electron chi connectivity index (χ3n) is 1.93. The third kappa shape index (κ3) is 3.26. The van der Waals surface area contributed by atoms with Crippen molar-refractivity contribution in [1.29, 1.82) is 0 Å². The first-order valence-electron chi connectivity index (χ1n) is 4.53. The second-order valence-electron chi connectivity index (χ2n) is 4.48. The van der Waals surface area contributed by atoms with E-state index in [1.165, 1.54) is 0 Å². The summed E-state index contributed by atoms with van der Waals surface area (Å²) in [6.45, 7) is 12.0. The van der Waals surface area contributed by atoms with Crippen LogP contribution in [-0.2, 0) is 4.74 Å². The molecule has 70 valence electrons. The van der Waals surface area contributed by atoms with Gasteiger partial charge in [0.1, 0.15) is 0 Å². The van der Waals surface area contributed by atoms with E-state index in [4.69, 9.17) is 4.74 Å². The molecule has 2 nitrogen and oxygen atoms in total. The fourth-order valence-corrected chi connectivity index (χ4v) is 1.27. The maximum atomic E-state index is 5.68. The van der Waals surface area contributed by atoms with Crippen molar-refractivity contribution < 1.29 is 4.74 Å². The summed E-state index contributed by atoms with van der Waals surface area (Å²) in [6.07, 6.45) is 1.07. The highest BCUT2D eigenvalue weighted by atomic mass is 16.5. The molecule has 1 aliphatic heterocycles. The first kappa shape index (κ1) is 9.59. The zero-order chi connectivity index (χ0) is 9.19. The molecule has 0 amide bonds. The fraction of sp³-hybridized carbons (Fsp3) is 0.800. The van der Waals surface area contributed by atoms with E-state index in [0.717, 1.165) is 25.3 Å². The fourth-order valence-electron chi connectivity index (χ4n) is 1.27. The SMILES string of the molecule is C=C1C[C@@H](COC(C)(C)C)CN1. The molecule has 0 aromatic heterocycles. The van der Waals surface area contributed by atoms with E-state index in [1.807, 2.05) is 0 Å². The molecule has 0 aliphatic carbocycles. The summed E-state index contributed by atoms with van der Waals surface area (Å²) in [5, 5.41) is 3.23. The van der Waals surface area contributed by atoms with Crippen LogP contribution in [0.25, 0.3) is 0 Å². The van der Waals surface area contributed by atoms with Gasteiger partial charge >= 0.3 is 0 Å². The lowest BCUT2D eigenvalue weighted by molar-refractivity contribution is -0.0189. The Morgan fingerprint density at radius 1 is 1.58 bits per heavy atom. The maximum Gasteiger partial charge on any atom is 0.0598 e. The smallest absolute Gasteiger partial charge is 0.0598 e. The molecular weight excluding hydrogens is 150 g/mol. The number of ether oxygens (including phenoxy) is 1. The second-order valence-corrected chi connectivity index (χ2v) is 4.48. The van der Waals surface area contributed by atoms with Gasteiger partial charge in [-0.1, -0.05) is 6.58 Å². The van der Waals surface area contributed by atoms with E-state index >= 15 is 0 Å². The molecule has 0 aromatic rings. The molecule has 0 unspecified atom stereocenters. The zero-order valence-electron chi connectivity index (χ0n) is 8.31. The van der Waals surface area contributed by atoms with E-state index < -0.39 is 0 Å². The first-order chi connectivity index (χ1) is 5.47. The summed E-state index contributed by atoms with van der Waals surface area (Å²) in [5.41, 5.74) is 1.14. The molecule has 0 spiro atoms. The van der Waals surface area contributed by atoms with Crippen molar-refractivity contribution >= 4 is 0 Å². The second kappa shape index (κ2) is 3.48. The Bertz CT molecular complexity index is 169. The summed E-state index contributed by atoms with van der Waals surface area (Å²) in [5.74, 6) is 0.622. The summed E-state index contributed by atoms with van der Waals surface area (Å²) < 4.78 is 5.68. The van der Waals surface area contributed by atoms with Gasteiger partial charge in [0.15, 0.2) is 0 Å². The Balaban J connectivity index is 2.20. The standard InChI is InChI=1S/C10H19NO/c1-8-5-9(6-11-8)7-12-10(2,3)4/h9,11H,1,5-7H2,2-4H3/t9-/m1/s1. The molecule has 12 heavy (non-hydrogen) atoms. The lowest BCUT2D eigenvalue weighted by Gasteiger charge is -2.21. The molecular formula is C10H19NO. The normalized spacial score (nSPS) is 24.2. The van der Waals surface area contributed by atoms with Gasteiger partial charge in [-0.2, -0.15) is 0 Å². The molecule has 1 fully saturated rings. The van der Waals surface area contributed by atoms with Crippen LogP contribution in [0.2, 0.25) is 0 Å². The predicted molar refractivity (Wildman–Crippen MR) is 51.0 cm³/mol. The van der Waals surface area contributed by atoms with Crippen LogP contribution in [0.5, 0.6) is 0 Å². The van der Waals surface area contributed by atoms with Gasteiger partial charge in [-0.05, 0) is 27.2 Å². The molecule has 1 N–H and O–H groups in total. The average molecular weight is 169 g/mol. The first-order valence-corrected chi connectivity index (χ1v) is 4.53. The van der Waals surface area contributed by atoms with E-state index in [2.05, 4.69) is 32.7 Å². The van der Waals surface area contributed by atoms with E-state index in [0.29, 0.717) is 5.92 Å². The number of rotatable bonds is 2. The minimum Gasteiger partial charge on any atom is -0.388 e. The third-order valence-corrected chi connectivity index (χ3v) is 1.93. The molecule has 0 radical (unpaired) electrons. The van der Waals surface area contributed by atoms with Crippen LogP contribution in [-0.4, -0.2) is 18.8 Å². The van der Waals surface area contributed by atoms with Crippen molar-refractivity contribution in [2.75, 3.05) is 13.2 Å². The van der Waals surface area contributed by atoms with Crippen molar-refractivity contribution in [2.24, 2.45) is 5.92 Å². The lowest BCUT2D eigenvalue weighted by Crippen LogP contribution is -2.24. The summed E-state index contributed by atoms with van der Waals surface area (Å²) in [4.78, 5) is 0. The quantitative estimate of drug-likeness (QED) is 0.682. The van der Waals surface area contributed by atoms with Crippen LogP contribution in [0.1, 0.15) is 27.2 Å². The lowest BCUT2D eigenvalue weighted by atomic mass is 10.1. The van der Waals surface area contributed by atoms with Gasteiger partial charge in [0, 0.05) is 18.2 Å². The van der Waals surface area contributed by atoms with Crippen LogP contribution >= 0.6 is 0 Å². The molecule has 1 aliphatic rings. The number of allylic oxidation sites excluding steroid dienone is 1. The Morgan fingerprint density at radius 2 is 2.25 bits per heavy atom. The monoisotopic (exact) mass is 169 g/mol. The van der Waals surface area contributed by atoms with E-state index in [9.17, 15) is 0 Å².